The minimum Gasteiger partial charge on any atom is -0.662 e. The monoisotopic (exact) mass is 177 g/mol. The number of hydrogen-bond acceptors (Lipinski definition) is 4. The van der Waals surface area contributed by atoms with Crippen LogP contribution in [0.3, 0.4) is 0 Å². The lowest BCUT2D eigenvalue weighted by atomic mass is 10.2. The Morgan fingerprint density at radius 2 is 1.92 bits per heavy atom. The Balaban J connectivity index is 2.51. The number of hydrogen-bond donors (Lipinski definition) is 0. The highest BCUT2D eigenvalue weighted by Gasteiger charge is 1.99. The molecule has 0 spiro atoms. The van der Waals surface area contributed by atoms with E-state index in [4.69, 9.17) is 12.8 Å². The average molecular weight is 177 g/mol. The van der Waals surface area contributed by atoms with Crippen LogP contribution >= 0.6 is 0 Å². The van der Waals surface area contributed by atoms with E-state index in [9.17, 15) is 0 Å². The quantitative estimate of drug-likeness (QED) is 0.600. The third-order valence-corrected chi connectivity index (χ3v) is 1.72. The van der Waals surface area contributed by atoms with Gasteiger partial charge in [0.1, 0.15) is 0 Å². The predicted molar refractivity (Wildman–Crippen MR) is 46.0 cm³/mol. The van der Waals surface area contributed by atoms with E-state index in [1.165, 1.54) is 4.09 Å². The zero-order valence-corrected chi connectivity index (χ0v) is 6.90. The van der Waals surface area contributed by atoms with E-state index in [1.54, 1.807) is 0 Å². The Morgan fingerprint density at radius 1 is 1.17 bits per heavy atom. The van der Waals surface area contributed by atoms with E-state index >= 15 is 0 Å². The van der Waals surface area contributed by atoms with Gasteiger partial charge < -0.3 is 16.9 Å². The zero-order chi connectivity index (χ0) is 8.39. The molecular formula is C7H5N4S-. The molecule has 0 atom stereocenters. The van der Waals surface area contributed by atoms with Gasteiger partial charge in [-0.05, 0) is 5.21 Å². The second-order valence-corrected chi connectivity index (χ2v) is 2.59. The fraction of sp³-hybridized carbons (Fsp3) is 0. The molecule has 1 aromatic heterocycles. The molecule has 0 aliphatic heterocycles. The van der Waals surface area contributed by atoms with Gasteiger partial charge in [0.15, 0.2) is 5.82 Å². The number of aromatic nitrogens is 4. The van der Waals surface area contributed by atoms with Gasteiger partial charge >= 0.3 is 0 Å². The molecule has 4 nitrogen and oxygen atoms in total. The van der Waals surface area contributed by atoms with Crippen molar-refractivity contribution in [2.75, 3.05) is 0 Å². The van der Waals surface area contributed by atoms with Gasteiger partial charge in [0.05, 0.1) is 0 Å². The fourth-order valence-electron chi connectivity index (χ4n) is 0.935. The molecule has 1 aromatic carbocycles. The third-order valence-electron chi connectivity index (χ3n) is 1.47. The molecule has 0 aliphatic rings. The van der Waals surface area contributed by atoms with E-state index in [1.807, 2.05) is 30.3 Å². The van der Waals surface area contributed by atoms with Crippen molar-refractivity contribution >= 4 is 12.8 Å². The Bertz CT molecular complexity index is 370. The van der Waals surface area contributed by atoms with Crippen LogP contribution in [0.15, 0.2) is 30.3 Å². The van der Waals surface area contributed by atoms with Crippen LogP contribution < -0.4 is 0 Å². The molecule has 0 aliphatic carbocycles. The first-order chi connectivity index (χ1) is 5.88. The predicted octanol–water partition coefficient (Wildman–Crippen LogP) is 0.650. The molecule has 5 heteroatoms. The lowest BCUT2D eigenvalue weighted by molar-refractivity contribution is 0.856. The fourth-order valence-corrected chi connectivity index (χ4v) is 1.11. The summed E-state index contributed by atoms with van der Waals surface area (Å²) in [6.45, 7) is 0. The molecular weight excluding hydrogens is 172 g/mol. The van der Waals surface area contributed by atoms with Crippen LogP contribution in [0.5, 0.6) is 0 Å². The van der Waals surface area contributed by atoms with Crippen molar-refractivity contribution in [3.05, 3.63) is 30.3 Å². The molecule has 0 saturated carbocycles. The van der Waals surface area contributed by atoms with Gasteiger partial charge in [-0.1, -0.05) is 35.5 Å². The van der Waals surface area contributed by atoms with Crippen LogP contribution in [0.1, 0.15) is 0 Å². The normalized spacial score (nSPS) is 10.0. The van der Waals surface area contributed by atoms with Crippen molar-refractivity contribution in [1.29, 1.82) is 0 Å². The Morgan fingerprint density at radius 3 is 2.50 bits per heavy atom. The first-order valence-electron chi connectivity index (χ1n) is 3.39. The minimum atomic E-state index is 0.602. The Labute approximate surface area is 74.8 Å². The summed E-state index contributed by atoms with van der Waals surface area (Å²) in [6, 6.07) is 9.59. The average Bonchev–Trinajstić information content (AvgIpc) is 2.53. The van der Waals surface area contributed by atoms with Crippen molar-refractivity contribution in [2.24, 2.45) is 0 Å². The van der Waals surface area contributed by atoms with Crippen molar-refractivity contribution in [2.45, 2.75) is 0 Å². The molecule has 60 valence electrons. The molecule has 12 heavy (non-hydrogen) atoms. The Hall–Kier alpha value is -1.49. The van der Waals surface area contributed by atoms with Crippen molar-refractivity contribution in [1.82, 2.24) is 19.6 Å². The van der Waals surface area contributed by atoms with Crippen LogP contribution in [-0.2, 0) is 12.8 Å². The minimum absolute atomic E-state index is 0.602. The van der Waals surface area contributed by atoms with Crippen LogP contribution in [-0.4, -0.2) is 19.6 Å². The summed E-state index contributed by atoms with van der Waals surface area (Å²) < 4.78 is 1.23. The molecule has 0 saturated heterocycles. The van der Waals surface area contributed by atoms with E-state index < -0.39 is 0 Å². The number of tetrazole rings is 1. The van der Waals surface area contributed by atoms with E-state index in [2.05, 4.69) is 15.5 Å². The molecule has 0 unspecified atom stereocenters. The van der Waals surface area contributed by atoms with Crippen LogP contribution in [0.4, 0.5) is 0 Å². The molecule has 2 rings (SSSR count). The first kappa shape index (κ1) is 7.17. The van der Waals surface area contributed by atoms with Crippen LogP contribution in [0.2, 0.25) is 0 Å². The number of benzene rings is 1. The largest absolute Gasteiger partial charge is 0.662 e. The molecule has 0 N–H and O–H groups in total. The lowest BCUT2D eigenvalue weighted by Gasteiger charge is -2.05. The summed E-state index contributed by atoms with van der Waals surface area (Å²) in [4.78, 5) is 0. The molecule has 0 radical (unpaired) electrons. The topological polar surface area (TPSA) is 43.6 Å². The van der Waals surface area contributed by atoms with Gasteiger partial charge in [-0.3, -0.25) is 0 Å². The lowest BCUT2D eigenvalue weighted by Crippen LogP contribution is -1.92. The molecule has 2 aromatic rings. The highest BCUT2D eigenvalue weighted by molar-refractivity contribution is 7.56. The van der Waals surface area contributed by atoms with Crippen molar-refractivity contribution < 1.29 is 0 Å². The highest BCUT2D eigenvalue weighted by Crippen LogP contribution is 2.12. The maximum absolute atomic E-state index is 4.85. The summed E-state index contributed by atoms with van der Waals surface area (Å²) in [5.74, 6) is 0.602. The highest BCUT2D eigenvalue weighted by atomic mass is 32.1. The van der Waals surface area contributed by atoms with Gasteiger partial charge in [-0.2, -0.15) is 0 Å². The van der Waals surface area contributed by atoms with Gasteiger partial charge in [-0.25, -0.2) is 0 Å². The smallest absolute Gasteiger partial charge is 0.162 e. The second-order valence-electron chi connectivity index (χ2n) is 2.24. The molecule has 1 heterocycles. The standard InChI is InChI=1S/C7H5N4S/c12-11-7(8-9-10-11)6-4-2-1-3-5-6/h1-5H/q-1. The summed E-state index contributed by atoms with van der Waals surface area (Å²) in [5, 5.41) is 10.8. The number of nitrogens with zero attached hydrogens (tertiary/aromatic N) is 4. The van der Waals surface area contributed by atoms with E-state index in [0.717, 1.165) is 5.56 Å². The zero-order valence-electron chi connectivity index (χ0n) is 6.08. The summed E-state index contributed by atoms with van der Waals surface area (Å²) >= 11 is 4.85. The van der Waals surface area contributed by atoms with Crippen LogP contribution in [0, 0.1) is 0 Å². The van der Waals surface area contributed by atoms with E-state index in [0.29, 0.717) is 5.82 Å². The second kappa shape index (κ2) is 2.86. The summed E-state index contributed by atoms with van der Waals surface area (Å²) in [7, 11) is 0. The maximum atomic E-state index is 4.85. The Kier molecular flexibility index (Phi) is 1.71. The SMILES string of the molecule is [S-]n1nnnc1-c1ccccc1. The first-order valence-corrected chi connectivity index (χ1v) is 3.76. The van der Waals surface area contributed by atoms with E-state index in [-0.39, 0.29) is 0 Å². The molecule has 0 bridgehead atoms. The van der Waals surface area contributed by atoms with Gasteiger partial charge in [0.2, 0.25) is 0 Å². The summed E-state index contributed by atoms with van der Waals surface area (Å²) in [5.41, 5.74) is 0.928. The van der Waals surface area contributed by atoms with Crippen LogP contribution in [0.25, 0.3) is 11.4 Å². The maximum Gasteiger partial charge on any atom is 0.162 e. The van der Waals surface area contributed by atoms with Gasteiger partial charge in [0, 0.05) is 5.56 Å². The van der Waals surface area contributed by atoms with Gasteiger partial charge in [-0.15, -0.1) is 5.10 Å². The number of rotatable bonds is 1. The summed E-state index contributed by atoms with van der Waals surface area (Å²) in [6.07, 6.45) is 0. The third kappa shape index (κ3) is 1.14. The van der Waals surface area contributed by atoms with Crippen molar-refractivity contribution in [3.63, 3.8) is 0 Å². The van der Waals surface area contributed by atoms with Gasteiger partial charge in [0.25, 0.3) is 0 Å². The molecule has 0 fully saturated rings. The molecule has 0 amide bonds. The van der Waals surface area contributed by atoms with Crippen molar-refractivity contribution in [3.8, 4) is 11.4 Å².